The minimum absolute atomic E-state index is 0.279. The van der Waals surface area contributed by atoms with Crippen LogP contribution in [0.2, 0.25) is 0 Å². The lowest BCUT2D eigenvalue weighted by Gasteiger charge is -2.06. The minimum atomic E-state index is -0.279. The number of aromatic nitrogens is 4. The standard InChI is InChI=1S/C9H11N5/c1-14-5-3-8(13-14)9(10)7-2-4-11-6-12-7/h2-6,9H,10H2,1H3. The maximum Gasteiger partial charge on any atom is 0.115 e. The van der Waals surface area contributed by atoms with Crippen molar-refractivity contribution in [2.75, 3.05) is 0 Å². The molecule has 2 aromatic heterocycles. The van der Waals surface area contributed by atoms with E-state index in [9.17, 15) is 0 Å². The Hall–Kier alpha value is -1.75. The van der Waals surface area contributed by atoms with E-state index < -0.39 is 0 Å². The van der Waals surface area contributed by atoms with Gasteiger partial charge in [0.05, 0.1) is 17.4 Å². The van der Waals surface area contributed by atoms with Crippen LogP contribution in [0.5, 0.6) is 0 Å². The van der Waals surface area contributed by atoms with Gasteiger partial charge in [-0.25, -0.2) is 9.97 Å². The van der Waals surface area contributed by atoms with E-state index in [1.54, 1.807) is 16.9 Å². The van der Waals surface area contributed by atoms with Gasteiger partial charge in [0.2, 0.25) is 0 Å². The summed E-state index contributed by atoms with van der Waals surface area (Å²) in [6.45, 7) is 0. The summed E-state index contributed by atoms with van der Waals surface area (Å²) in [5, 5.41) is 4.22. The maximum absolute atomic E-state index is 5.96. The summed E-state index contributed by atoms with van der Waals surface area (Å²) in [5.74, 6) is 0. The highest BCUT2D eigenvalue weighted by atomic mass is 15.3. The van der Waals surface area contributed by atoms with Gasteiger partial charge >= 0.3 is 0 Å². The van der Waals surface area contributed by atoms with E-state index >= 15 is 0 Å². The lowest BCUT2D eigenvalue weighted by Crippen LogP contribution is -2.14. The Morgan fingerprint density at radius 3 is 2.79 bits per heavy atom. The second-order valence-electron chi connectivity index (χ2n) is 3.03. The van der Waals surface area contributed by atoms with Crippen molar-refractivity contribution in [1.82, 2.24) is 19.7 Å². The van der Waals surface area contributed by atoms with Crippen LogP contribution in [0.15, 0.2) is 30.9 Å². The average molecular weight is 189 g/mol. The fourth-order valence-electron chi connectivity index (χ4n) is 1.24. The van der Waals surface area contributed by atoms with E-state index in [2.05, 4.69) is 15.1 Å². The molecule has 0 saturated carbocycles. The molecule has 0 saturated heterocycles. The molecule has 2 aromatic rings. The molecule has 0 bridgehead atoms. The number of hydrogen-bond donors (Lipinski definition) is 1. The first-order chi connectivity index (χ1) is 6.77. The van der Waals surface area contributed by atoms with Crippen molar-refractivity contribution in [3.05, 3.63) is 42.2 Å². The van der Waals surface area contributed by atoms with Crippen molar-refractivity contribution in [3.63, 3.8) is 0 Å². The Bertz CT molecular complexity index is 408. The van der Waals surface area contributed by atoms with Crippen LogP contribution in [0.25, 0.3) is 0 Å². The van der Waals surface area contributed by atoms with Crippen LogP contribution in [0.1, 0.15) is 17.4 Å². The monoisotopic (exact) mass is 189 g/mol. The molecule has 5 heteroatoms. The van der Waals surface area contributed by atoms with Crippen molar-refractivity contribution in [2.24, 2.45) is 12.8 Å². The summed E-state index contributed by atoms with van der Waals surface area (Å²) >= 11 is 0. The molecular formula is C9H11N5. The lowest BCUT2D eigenvalue weighted by molar-refractivity contribution is 0.705. The molecule has 0 fully saturated rings. The van der Waals surface area contributed by atoms with Crippen molar-refractivity contribution in [3.8, 4) is 0 Å². The van der Waals surface area contributed by atoms with Crippen LogP contribution in [0.4, 0.5) is 0 Å². The van der Waals surface area contributed by atoms with Gasteiger partial charge in [-0.2, -0.15) is 5.10 Å². The number of hydrogen-bond acceptors (Lipinski definition) is 4. The molecule has 2 heterocycles. The summed E-state index contributed by atoms with van der Waals surface area (Å²) in [6.07, 6.45) is 5.01. The van der Waals surface area contributed by atoms with E-state index in [0.29, 0.717) is 0 Å². The first-order valence-electron chi connectivity index (χ1n) is 4.28. The Labute approximate surface area is 81.6 Å². The molecule has 0 spiro atoms. The van der Waals surface area contributed by atoms with E-state index in [4.69, 9.17) is 5.73 Å². The Morgan fingerprint density at radius 1 is 1.36 bits per heavy atom. The average Bonchev–Trinajstić information content (AvgIpc) is 2.65. The zero-order chi connectivity index (χ0) is 9.97. The number of rotatable bonds is 2. The summed E-state index contributed by atoms with van der Waals surface area (Å²) in [6, 6.07) is 3.39. The van der Waals surface area contributed by atoms with Crippen LogP contribution >= 0.6 is 0 Å². The molecule has 1 atom stereocenters. The number of nitrogens with zero attached hydrogens (tertiary/aromatic N) is 4. The van der Waals surface area contributed by atoms with Gasteiger partial charge in [0.1, 0.15) is 6.33 Å². The van der Waals surface area contributed by atoms with E-state index in [1.807, 2.05) is 19.3 Å². The second kappa shape index (κ2) is 3.55. The van der Waals surface area contributed by atoms with Crippen LogP contribution in [0.3, 0.4) is 0 Å². The molecule has 0 amide bonds. The fraction of sp³-hybridized carbons (Fsp3) is 0.222. The third kappa shape index (κ3) is 1.62. The van der Waals surface area contributed by atoms with Gasteiger partial charge in [-0.15, -0.1) is 0 Å². The second-order valence-corrected chi connectivity index (χ2v) is 3.03. The zero-order valence-corrected chi connectivity index (χ0v) is 7.83. The van der Waals surface area contributed by atoms with E-state index in [0.717, 1.165) is 11.4 Å². The molecular weight excluding hydrogens is 178 g/mol. The van der Waals surface area contributed by atoms with Gasteiger partial charge in [-0.1, -0.05) is 0 Å². The smallest absolute Gasteiger partial charge is 0.115 e. The number of nitrogens with two attached hydrogens (primary N) is 1. The van der Waals surface area contributed by atoms with Gasteiger partial charge < -0.3 is 5.73 Å². The van der Waals surface area contributed by atoms with Gasteiger partial charge in [-0.3, -0.25) is 4.68 Å². The molecule has 0 aliphatic carbocycles. The summed E-state index contributed by atoms with van der Waals surface area (Å²) in [7, 11) is 1.86. The molecule has 0 radical (unpaired) electrons. The predicted molar refractivity (Wildman–Crippen MR) is 51.3 cm³/mol. The van der Waals surface area contributed by atoms with E-state index in [-0.39, 0.29) is 6.04 Å². The van der Waals surface area contributed by atoms with Crippen molar-refractivity contribution in [1.29, 1.82) is 0 Å². The quantitative estimate of drug-likeness (QED) is 0.735. The largest absolute Gasteiger partial charge is 0.318 e. The third-order valence-corrected chi connectivity index (χ3v) is 1.98. The molecule has 0 aromatic carbocycles. The highest BCUT2D eigenvalue weighted by molar-refractivity contribution is 5.18. The van der Waals surface area contributed by atoms with Gasteiger partial charge in [0.25, 0.3) is 0 Å². The Morgan fingerprint density at radius 2 is 2.21 bits per heavy atom. The molecule has 72 valence electrons. The summed E-state index contributed by atoms with van der Waals surface area (Å²) in [4.78, 5) is 7.91. The zero-order valence-electron chi connectivity index (χ0n) is 7.83. The summed E-state index contributed by atoms with van der Waals surface area (Å²) < 4.78 is 1.72. The van der Waals surface area contributed by atoms with Crippen LogP contribution in [-0.4, -0.2) is 19.7 Å². The number of aryl methyl sites for hydroxylation is 1. The topological polar surface area (TPSA) is 69.6 Å². The first kappa shape index (κ1) is 8.83. The Kier molecular flexibility index (Phi) is 2.24. The van der Waals surface area contributed by atoms with Crippen molar-refractivity contribution >= 4 is 0 Å². The fourth-order valence-corrected chi connectivity index (χ4v) is 1.24. The van der Waals surface area contributed by atoms with Gasteiger partial charge in [0.15, 0.2) is 0 Å². The molecule has 2 rings (SSSR count). The SMILES string of the molecule is Cn1ccc(C(N)c2ccncn2)n1. The van der Waals surface area contributed by atoms with Crippen molar-refractivity contribution < 1.29 is 0 Å². The first-order valence-corrected chi connectivity index (χ1v) is 4.28. The molecule has 5 nitrogen and oxygen atoms in total. The van der Waals surface area contributed by atoms with Crippen molar-refractivity contribution in [2.45, 2.75) is 6.04 Å². The van der Waals surface area contributed by atoms with Crippen LogP contribution in [0, 0.1) is 0 Å². The highest BCUT2D eigenvalue weighted by Gasteiger charge is 2.11. The minimum Gasteiger partial charge on any atom is -0.318 e. The lowest BCUT2D eigenvalue weighted by atomic mass is 10.1. The third-order valence-electron chi connectivity index (χ3n) is 1.98. The molecule has 0 aliphatic heterocycles. The normalized spacial score (nSPS) is 12.7. The molecule has 0 aliphatic rings. The molecule has 2 N–H and O–H groups in total. The molecule has 14 heavy (non-hydrogen) atoms. The van der Waals surface area contributed by atoms with Crippen LogP contribution < -0.4 is 5.73 Å². The van der Waals surface area contributed by atoms with Gasteiger partial charge in [-0.05, 0) is 12.1 Å². The van der Waals surface area contributed by atoms with E-state index in [1.165, 1.54) is 6.33 Å². The van der Waals surface area contributed by atoms with Crippen LogP contribution in [-0.2, 0) is 7.05 Å². The predicted octanol–water partition coefficient (Wildman–Crippen LogP) is 0.258. The highest BCUT2D eigenvalue weighted by Crippen LogP contribution is 2.13. The summed E-state index contributed by atoms with van der Waals surface area (Å²) in [5.41, 5.74) is 7.55. The Balaban J connectivity index is 2.29. The van der Waals surface area contributed by atoms with Gasteiger partial charge in [0, 0.05) is 19.4 Å². The maximum atomic E-state index is 5.96. The molecule has 1 unspecified atom stereocenters.